The standard InChI is InChI=1S/C12H18O4S/c1-12(2,3)10-5-6-11(9(7-10)8-13)16-17(4,14)15/h5-7,13H,8H2,1-4H3. The summed E-state index contributed by atoms with van der Waals surface area (Å²) in [6.45, 7) is 5.87. The number of hydrogen-bond acceptors (Lipinski definition) is 4. The fourth-order valence-corrected chi connectivity index (χ4v) is 1.90. The number of rotatable bonds is 3. The minimum absolute atomic E-state index is 0.0620. The van der Waals surface area contributed by atoms with Gasteiger partial charge in [-0.25, -0.2) is 0 Å². The molecular formula is C12H18O4S. The maximum absolute atomic E-state index is 11.0. The molecule has 0 aliphatic heterocycles. The molecule has 0 saturated heterocycles. The van der Waals surface area contributed by atoms with E-state index in [1.165, 1.54) is 0 Å². The largest absolute Gasteiger partial charge is 0.392 e. The summed E-state index contributed by atoms with van der Waals surface area (Å²) < 4.78 is 26.9. The van der Waals surface area contributed by atoms with Gasteiger partial charge in [-0.3, -0.25) is 0 Å². The molecule has 0 fully saturated rings. The Morgan fingerprint density at radius 1 is 1.29 bits per heavy atom. The molecule has 1 aromatic carbocycles. The molecule has 0 saturated carbocycles. The van der Waals surface area contributed by atoms with Crippen molar-refractivity contribution in [2.24, 2.45) is 0 Å². The lowest BCUT2D eigenvalue weighted by Crippen LogP contribution is -2.13. The maximum Gasteiger partial charge on any atom is 0.306 e. The summed E-state index contributed by atoms with van der Waals surface area (Å²) in [6.07, 6.45) is 0.978. The second-order valence-electron chi connectivity index (χ2n) is 5.02. The highest BCUT2D eigenvalue weighted by Crippen LogP contribution is 2.28. The molecule has 1 rings (SSSR count). The third-order valence-corrected chi connectivity index (χ3v) is 2.82. The van der Waals surface area contributed by atoms with E-state index in [1.807, 2.05) is 20.8 Å². The Kier molecular flexibility index (Phi) is 3.84. The highest BCUT2D eigenvalue weighted by atomic mass is 32.2. The summed E-state index contributed by atoms with van der Waals surface area (Å²) in [5.74, 6) is 0.183. The highest BCUT2D eigenvalue weighted by molar-refractivity contribution is 7.86. The zero-order valence-corrected chi connectivity index (χ0v) is 11.3. The minimum atomic E-state index is -3.57. The first kappa shape index (κ1) is 14.0. The predicted octanol–water partition coefficient (Wildman–Crippen LogP) is 1.81. The van der Waals surface area contributed by atoms with Crippen LogP contribution in [0.5, 0.6) is 5.75 Å². The van der Waals surface area contributed by atoms with Crippen molar-refractivity contribution in [3.8, 4) is 5.75 Å². The molecule has 17 heavy (non-hydrogen) atoms. The van der Waals surface area contributed by atoms with Crippen LogP contribution in [0.15, 0.2) is 18.2 Å². The Hall–Kier alpha value is -1.07. The van der Waals surface area contributed by atoms with Gasteiger partial charge in [0.25, 0.3) is 0 Å². The van der Waals surface area contributed by atoms with E-state index in [9.17, 15) is 13.5 Å². The zero-order chi connectivity index (χ0) is 13.3. The SMILES string of the molecule is CC(C)(C)c1ccc(OS(C)(=O)=O)c(CO)c1. The number of hydrogen-bond donors (Lipinski definition) is 1. The van der Waals surface area contributed by atoms with E-state index in [4.69, 9.17) is 4.18 Å². The van der Waals surface area contributed by atoms with Gasteiger partial charge in [-0.2, -0.15) is 8.42 Å². The van der Waals surface area contributed by atoms with Crippen molar-refractivity contribution in [1.82, 2.24) is 0 Å². The quantitative estimate of drug-likeness (QED) is 0.840. The summed E-state index contributed by atoms with van der Waals surface area (Å²) >= 11 is 0. The van der Waals surface area contributed by atoms with E-state index in [2.05, 4.69) is 0 Å². The molecule has 0 amide bonds. The van der Waals surface area contributed by atoms with Crippen molar-refractivity contribution >= 4 is 10.1 Å². The molecule has 1 N–H and O–H groups in total. The normalized spacial score (nSPS) is 12.5. The van der Waals surface area contributed by atoms with Gasteiger partial charge in [-0.1, -0.05) is 26.8 Å². The number of benzene rings is 1. The molecule has 0 aliphatic carbocycles. The lowest BCUT2D eigenvalue weighted by atomic mass is 9.86. The topological polar surface area (TPSA) is 63.6 Å². The molecular weight excluding hydrogens is 240 g/mol. The van der Waals surface area contributed by atoms with Crippen molar-refractivity contribution in [3.63, 3.8) is 0 Å². The van der Waals surface area contributed by atoms with Crippen LogP contribution in [0.25, 0.3) is 0 Å². The van der Waals surface area contributed by atoms with Crippen LogP contribution in [0.2, 0.25) is 0 Å². The van der Waals surface area contributed by atoms with Crippen LogP contribution in [-0.2, 0) is 22.1 Å². The first-order valence-corrected chi connectivity index (χ1v) is 7.09. The van der Waals surface area contributed by atoms with Gasteiger partial charge in [0.05, 0.1) is 12.9 Å². The first-order valence-electron chi connectivity index (χ1n) is 5.27. The summed E-state index contributed by atoms with van der Waals surface area (Å²) in [4.78, 5) is 0. The second-order valence-corrected chi connectivity index (χ2v) is 6.59. The van der Waals surface area contributed by atoms with E-state index < -0.39 is 10.1 Å². The van der Waals surface area contributed by atoms with Gasteiger partial charge >= 0.3 is 10.1 Å². The van der Waals surface area contributed by atoms with Crippen LogP contribution < -0.4 is 4.18 Å². The number of aliphatic hydroxyl groups excluding tert-OH is 1. The molecule has 0 unspecified atom stereocenters. The molecule has 4 nitrogen and oxygen atoms in total. The van der Waals surface area contributed by atoms with E-state index in [0.29, 0.717) is 5.56 Å². The van der Waals surface area contributed by atoms with Gasteiger partial charge in [0, 0.05) is 5.56 Å². The van der Waals surface area contributed by atoms with Crippen LogP contribution in [0.4, 0.5) is 0 Å². The molecule has 1 aromatic rings. The fourth-order valence-electron chi connectivity index (χ4n) is 1.41. The summed E-state index contributed by atoms with van der Waals surface area (Å²) in [5.41, 5.74) is 1.43. The van der Waals surface area contributed by atoms with Crippen molar-refractivity contribution in [3.05, 3.63) is 29.3 Å². The van der Waals surface area contributed by atoms with Gasteiger partial charge < -0.3 is 9.29 Å². The molecule has 0 aliphatic rings. The Morgan fingerprint density at radius 2 is 1.88 bits per heavy atom. The lowest BCUT2D eigenvalue weighted by Gasteiger charge is -2.20. The van der Waals surface area contributed by atoms with Gasteiger partial charge in [0.2, 0.25) is 0 Å². The van der Waals surface area contributed by atoms with Crippen LogP contribution in [0, 0.1) is 0 Å². The van der Waals surface area contributed by atoms with Crippen molar-refractivity contribution < 1.29 is 17.7 Å². The monoisotopic (exact) mass is 258 g/mol. The molecule has 0 radical (unpaired) electrons. The Labute approximate surface area is 102 Å². The maximum atomic E-state index is 11.0. The Bertz CT molecular complexity index is 498. The third kappa shape index (κ3) is 4.02. The van der Waals surface area contributed by atoms with Crippen molar-refractivity contribution in [2.45, 2.75) is 32.8 Å². The second kappa shape index (κ2) is 4.66. The Balaban J connectivity index is 3.19. The first-order chi connectivity index (χ1) is 7.63. The van der Waals surface area contributed by atoms with Crippen molar-refractivity contribution in [2.75, 3.05) is 6.26 Å². The summed E-state index contributed by atoms with van der Waals surface area (Å²) in [5, 5.41) is 9.23. The van der Waals surface area contributed by atoms with Crippen LogP contribution in [0.1, 0.15) is 31.9 Å². The lowest BCUT2D eigenvalue weighted by molar-refractivity contribution is 0.278. The predicted molar refractivity (Wildman–Crippen MR) is 66.5 cm³/mol. The molecule has 0 bridgehead atoms. The van der Waals surface area contributed by atoms with Gasteiger partial charge in [-0.05, 0) is 23.1 Å². The third-order valence-electron chi connectivity index (χ3n) is 2.34. The molecule has 0 atom stereocenters. The van der Waals surface area contributed by atoms with Crippen LogP contribution in [-0.4, -0.2) is 19.8 Å². The zero-order valence-electron chi connectivity index (χ0n) is 10.5. The van der Waals surface area contributed by atoms with Gasteiger partial charge in [0.15, 0.2) is 0 Å². The molecule has 5 heteroatoms. The smallest absolute Gasteiger partial charge is 0.306 e. The summed E-state index contributed by atoms with van der Waals surface area (Å²) in [7, 11) is -3.57. The molecule has 0 aromatic heterocycles. The van der Waals surface area contributed by atoms with Crippen LogP contribution >= 0.6 is 0 Å². The average molecular weight is 258 g/mol. The average Bonchev–Trinajstić information content (AvgIpc) is 2.14. The van der Waals surface area contributed by atoms with Gasteiger partial charge in [-0.15, -0.1) is 0 Å². The van der Waals surface area contributed by atoms with E-state index in [-0.39, 0.29) is 17.8 Å². The fraction of sp³-hybridized carbons (Fsp3) is 0.500. The molecule has 96 valence electrons. The highest BCUT2D eigenvalue weighted by Gasteiger charge is 2.17. The summed E-state index contributed by atoms with van der Waals surface area (Å²) in [6, 6.07) is 5.15. The van der Waals surface area contributed by atoms with Crippen LogP contribution in [0.3, 0.4) is 0 Å². The molecule has 0 spiro atoms. The van der Waals surface area contributed by atoms with E-state index in [1.54, 1.807) is 18.2 Å². The Morgan fingerprint density at radius 3 is 2.29 bits per heavy atom. The number of aliphatic hydroxyl groups is 1. The minimum Gasteiger partial charge on any atom is -0.392 e. The van der Waals surface area contributed by atoms with E-state index in [0.717, 1.165) is 11.8 Å². The molecule has 0 heterocycles. The van der Waals surface area contributed by atoms with Gasteiger partial charge in [0.1, 0.15) is 5.75 Å². The van der Waals surface area contributed by atoms with E-state index >= 15 is 0 Å². The van der Waals surface area contributed by atoms with Crippen molar-refractivity contribution in [1.29, 1.82) is 0 Å².